The summed E-state index contributed by atoms with van der Waals surface area (Å²) in [6, 6.07) is 5.95. The van der Waals surface area contributed by atoms with E-state index in [9.17, 15) is 9.50 Å². The summed E-state index contributed by atoms with van der Waals surface area (Å²) in [7, 11) is 0. The van der Waals surface area contributed by atoms with Crippen molar-refractivity contribution in [2.45, 2.75) is 52.2 Å². The van der Waals surface area contributed by atoms with Gasteiger partial charge in [-0.15, -0.1) is 24.0 Å². The van der Waals surface area contributed by atoms with Crippen LogP contribution >= 0.6 is 24.0 Å². The van der Waals surface area contributed by atoms with Crippen LogP contribution in [-0.4, -0.2) is 42.4 Å². The first-order chi connectivity index (χ1) is 11.4. The van der Waals surface area contributed by atoms with Gasteiger partial charge in [0.15, 0.2) is 5.96 Å². The third-order valence-electron chi connectivity index (χ3n) is 3.90. The molecule has 5 nitrogen and oxygen atoms in total. The van der Waals surface area contributed by atoms with E-state index in [1.165, 1.54) is 12.1 Å². The Balaban J connectivity index is 0.00000576. The van der Waals surface area contributed by atoms with Crippen LogP contribution in [0.5, 0.6) is 5.75 Å². The van der Waals surface area contributed by atoms with E-state index in [2.05, 4.69) is 15.6 Å². The molecule has 0 saturated carbocycles. The maximum atomic E-state index is 12.9. The van der Waals surface area contributed by atoms with Crippen LogP contribution in [0.4, 0.5) is 4.39 Å². The molecule has 0 heterocycles. The van der Waals surface area contributed by atoms with Crippen molar-refractivity contribution >= 4 is 29.9 Å². The third kappa shape index (κ3) is 9.25. The number of hydrogen-bond acceptors (Lipinski definition) is 3. The van der Waals surface area contributed by atoms with Crippen LogP contribution in [-0.2, 0) is 0 Å². The number of hydrogen-bond donors (Lipinski definition) is 3. The highest BCUT2D eigenvalue weighted by Crippen LogP contribution is 2.15. The molecule has 0 aromatic heterocycles. The SMILES string of the molecule is CCNC(=NCC(O)(CC)CC)NCC(C)Oc1ccc(F)cc1.I. The molecule has 25 heavy (non-hydrogen) atoms. The molecule has 0 aliphatic carbocycles. The van der Waals surface area contributed by atoms with Crippen molar-refractivity contribution in [1.29, 1.82) is 0 Å². The number of benzene rings is 1. The zero-order valence-corrected chi connectivity index (χ0v) is 17.8. The molecule has 1 unspecified atom stereocenters. The molecule has 1 aromatic rings. The quantitative estimate of drug-likeness (QED) is 0.296. The van der Waals surface area contributed by atoms with Gasteiger partial charge in [0, 0.05) is 6.54 Å². The van der Waals surface area contributed by atoms with Gasteiger partial charge in [0.2, 0.25) is 0 Å². The normalized spacial score (nSPS) is 13.0. The first kappa shape index (κ1) is 23.9. The zero-order valence-electron chi connectivity index (χ0n) is 15.5. The van der Waals surface area contributed by atoms with Gasteiger partial charge in [-0.05, 0) is 51.0 Å². The molecule has 0 aliphatic heterocycles. The topological polar surface area (TPSA) is 65.9 Å². The van der Waals surface area contributed by atoms with E-state index in [-0.39, 0.29) is 35.9 Å². The van der Waals surface area contributed by atoms with Gasteiger partial charge in [-0.3, -0.25) is 4.99 Å². The fraction of sp³-hybridized carbons (Fsp3) is 0.611. The number of ether oxygens (including phenoxy) is 1. The maximum Gasteiger partial charge on any atom is 0.191 e. The van der Waals surface area contributed by atoms with Gasteiger partial charge in [0.1, 0.15) is 17.7 Å². The van der Waals surface area contributed by atoms with E-state index in [0.717, 1.165) is 6.54 Å². The average Bonchev–Trinajstić information content (AvgIpc) is 2.59. The van der Waals surface area contributed by atoms with E-state index in [4.69, 9.17) is 4.74 Å². The first-order valence-corrected chi connectivity index (χ1v) is 8.59. The molecular weight excluding hydrogens is 436 g/mol. The number of aliphatic imine (C=N–C) groups is 1. The minimum Gasteiger partial charge on any atom is -0.489 e. The Hall–Kier alpha value is -1.09. The number of nitrogens with zero attached hydrogens (tertiary/aromatic N) is 1. The summed E-state index contributed by atoms with van der Waals surface area (Å²) in [6.45, 7) is 9.45. The minimum atomic E-state index is -0.765. The molecule has 3 N–H and O–H groups in total. The first-order valence-electron chi connectivity index (χ1n) is 8.59. The summed E-state index contributed by atoms with van der Waals surface area (Å²) >= 11 is 0. The highest BCUT2D eigenvalue weighted by molar-refractivity contribution is 14.0. The van der Waals surface area contributed by atoms with Gasteiger partial charge in [-0.2, -0.15) is 0 Å². The van der Waals surface area contributed by atoms with Gasteiger partial charge in [0.25, 0.3) is 0 Å². The summed E-state index contributed by atoms with van der Waals surface area (Å²) < 4.78 is 18.6. The molecule has 7 heteroatoms. The lowest BCUT2D eigenvalue weighted by Crippen LogP contribution is -2.43. The fourth-order valence-electron chi connectivity index (χ4n) is 2.07. The Morgan fingerprint density at radius 3 is 2.32 bits per heavy atom. The van der Waals surface area contributed by atoms with E-state index in [1.807, 2.05) is 27.7 Å². The molecule has 0 amide bonds. The second kappa shape index (κ2) is 12.3. The summed E-state index contributed by atoms with van der Waals surface area (Å²) in [5.74, 6) is 0.986. The van der Waals surface area contributed by atoms with Crippen molar-refractivity contribution in [2.24, 2.45) is 4.99 Å². The van der Waals surface area contributed by atoms with Crippen LogP contribution in [0.25, 0.3) is 0 Å². The maximum absolute atomic E-state index is 12.9. The molecule has 0 fully saturated rings. The molecule has 1 rings (SSSR count). The van der Waals surface area contributed by atoms with E-state index >= 15 is 0 Å². The summed E-state index contributed by atoms with van der Waals surface area (Å²) in [5, 5.41) is 16.7. The predicted molar refractivity (Wildman–Crippen MR) is 111 cm³/mol. The Bertz CT molecular complexity index is 508. The molecule has 0 radical (unpaired) electrons. The van der Waals surface area contributed by atoms with Gasteiger partial charge in [-0.25, -0.2) is 4.39 Å². The Morgan fingerprint density at radius 2 is 1.80 bits per heavy atom. The zero-order chi connectivity index (χ0) is 18.0. The van der Waals surface area contributed by atoms with Crippen LogP contribution in [0.1, 0.15) is 40.5 Å². The van der Waals surface area contributed by atoms with E-state index in [1.54, 1.807) is 12.1 Å². The van der Waals surface area contributed by atoms with Crippen molar-refractivity contribution in [1.82, 2.24) is 10.6 Å². The Labute approximate surface area is 167 Å². The highest BCUT2D eigenvalue weighted by atomic mass is 127. The van der Waals surface area contributed by atoms with Gasteiger partial charge in [0.05, 0.1) is 18.7 Å². The lowest BCUT2D eigenvalue weighted by atomic mass is 9.98. The van der Waals surface area contributed by atoms with E-state index < -0.39 is 5.60 Å². The van der Waals surface area contributed by atoms with Gasteiger partial charge in [-0.1, -0.05) is 13.8 Å². The molecule has 144 valence electrons. The number of aliphatic hydroxyl groups is 1. The van der Waals surface area contributed by atoms with Crippen molar-refractivity contribution in [2.75, 3.05) is 19.6 Å². The summed E-state index contributed by atoms with van der Waals surface area (Å²) in [6.07, 6.45) is 1.21. The van der Waals surface area contributed by atoms with Gasteiger partial charge >= 0.3 is 0 Å². The standard InChI is InChI=1S/C18H30FN3O2.HI/c1-5-18(23,6-2)13-22-17(20-7-3)21-12-14(4)24-16-10-8-15(19)9-11-16;/h8-11,14,23H,5-7,12-13H2,1-4H3,(H2,20,21,22);1H. The smallest absolute Gasteiger partial charge is 0.191 e. The summed E-state index contributed by atoms with van der Waals surface area (Å²) in [4.78, 5) is 4.46. The fourth-order valence-corrected chi connectivity index (χ4v) is 2.07. The third-order valence-corrected chi connectivity index (χ3v) is 3.90. The summed E-state index contributed by atoms with van der Waals surface area (Å²) in [5.41, 5.74) is -0.765. The minimum absolute atomic E-state index is 0. The molecule has 0 aliphatic rings. The van der Waals surface area contributed by atoms with Crippen molar-refractivity contribution < 1.29 is 14.2 Å². The van der Waals surface area contributed by atoms with E-state index in [0.29, 0.717) is 37.6 Å². The molecule has 0 spiro atoms. The van der Waals surface area contributed by atoms with Crippen LogP contribution in [0, 0.1) is 5.82 Å². The predicted octanol–water partition coefficient (Wildman–Crippen LogP) is 3.32. The van der Waals surface area contributed by atoms with Crippen molar-refractivity contribution in [3.8, 4) is 5.75 Å². The lowest BCUT2D eigenvalue weighted by Gasteiger charge is -2.24. The van der Waals surface area contributed by atoms with Crippen molar-refractivity contribution in [3.05, 3.63) is 30.1 Å². The van der Waals surface area contributed by atoms with Crippen molar-refractivity contribution in [3.63, 3.8) is 0 Å². The Morgan fingerprint density at radius 1 is 1.20 bits per heavy atom. The number of halogens is 2. The molecule has 0 saturated heterocycles. The molecule has 1 aromatic carbocycles. The molecule has 0 bridgehead atoms. The second-order valence-corrected chi connectivity index (χ2v) is 5.89. The largest absolute Gasteiger partial charge is 0.489 e. The lowest BCUT2D eigenvalue weighted by molar-refractivity contribution is 0.0418. The Kier molecular flexibility index (Phi) is 11.8. The molecular formula is C18H31FIN3O2. The number of rotatable bonds is 9. The highest BCUT2D eigenvalue weighted by Gasteiger charge is 2.21. The monoisotopic (exact) mass is 467 g/mol. The number of guanidine groups is 1. The van der Waals surface area contributed by atoms with Crippen LogP contribution < -0.4 is 15.4 Å². The van der Waals surface area contributed by atoms with Gasteiger partial charge < -0.3 is 20.5 Å². The van der Waals surface area contributed by atoms with Crippen LogP contribution in [0.3, 0.4) is 0 Å². The van der Waals surface area contributed by atoms with Crippen LogP contribution in [0.15, 0.2) is 29.3 Å². The average molecular weight is 467 g/mol. The number of nitrogens with one attached hydrogen (secondary N) is 2. The second-order valence-electron chi connectivity index (χ2n) is 5.89. The van der Waals surface area contributed by atoms with Crippen LogP contribution in [0.2, 0.25) is 0 Å². The molecule has 1 atom stereocenters.